The third-order valence-corrected chi connectivity index (χ3v) is 5.76. The molecule has 3 aromatic rings. The van der Waals surface area contributed by atoms with Gasteiger partial charge in [0.1, 0.15) is 11.3 Å². The van der Waals surface area contributed by atoms with Crippen LogP contribution < -0.4 is 0 Å². The number of carbonyl (C=O) groups is 1. The number of benzene rings is 2. The van der Waals surface area contributed by atoms with Crippen LogP contribution in [0.1, 0.15) is 45.7 Å². The van der Waals surface area contributed by atoms with Crippen LogP contribution >= 0.6 is 0 Å². The summed E-state index contributed by atoms with van der Waals surface area (Å²) in [5.41, 5.74) is 4.45. The molecule has 2 aromatic carbocycles. The quantitative estimate of drug-likeness (QED) is 0.671. The van der Waals surface area contributed by atoms with Crippen LogP contribution in [0.4, 0.5) is 0 Å². The number of phenols is 1. The van der Waals surface area contributed by atoms with E-state index < -0.39 is 0 Å². The molecule has 1 aliphatic rings. The van der Waals surface area contributed by atoms with Gasteiger partial charge < -0.3 is 19.2 Å². The van der Waals surface area contributed by atoms with E-state index in [4.69, 9.17) is 9.15 Å². The van der Waals surface area contributed by atoms with Gasteiger partial charge in [-0.25, -0.2) is 0 Å². The number of nitrogens with zero attached hydrogens (tertiary/aromatic N) is 1. The first-order chi connectivity index (χ1) is 14.0. The van der Waals surface area contributed by atoms with Gasteiger partial charge in [-0.2, -0.15) is 0 Å². The number of para-hydroxylation sites is 1. The van der Waals surface area contributed by atoms with E-state index in [0.29, 0.717) is 24.4 Å². The Morgan fingerprint density at radius 3 is 2.59 bits per heavy atom. The Kier molecular flexibility index (Phi) is 5.33. The van der Waals surface area contributed by atoms with Crippen molar-refractivity contribution in [1.29, 1.82) is 0 Å². The summed E-state index contributed by atoms with van der Waals surface area (Å²) < 4.78 is 11.9. The fourth-order valence-corrected chi connectivity index (χ4v) is 4.13. The molecule has 5 heteroatoms. The molecule has 1 amide bonds. The Hall–Kier alpha value is -2.79. The lowest BCUT2D eigenvalue weighted by atomic mass is 10.0. The van der Waals surface area contributed by atoms with E-state index >= 15 is 0 Å². The largest absolute Gasteiger partial charge is 0.508 e. The number of ether oxygens (including phenoxy) is 1. The third-order valence-electron chi connectivity index (χ3n) is 5.76. The maximum absolute atomic E-state index is 13.6. The highest BCUT2D eigenvalue weighted by Crippen LogP contribution is 2.32. The van der Waals surface area contributed by atoms with E-state index in [1.807, 2.05) is 39.0 Å². The van der Waals surface area contributed by atoms with E-state index in [0.717, 1.165) is 47.1 Å². The normalized spacial score (nSPS) is 16.4. The predicted molar refractivity (Wildman–Crippen MR) is 112 cm³/mol. The van der Waals surface area contributed by atoms with Crippen LogP contribution in [0.5, 0.6) is 5.75 Å². The SMILES string of the molecule is Cc1ccc(C)c2c(C)c(C(=O)N(Cc3ccccc3O)CC3CCCO3)oc12. The summed E-state index contributed by atoms with van der Waals surface area (Å²) in [4.78, 5) is 15.3. The molecule has 2 heterocycles. The Morgan fingerprint density at radius 2 is 1.90 bits per heavy atom. The molecule has 1 fully saturated rings. The zero-order valence-electron chi connectivity index (χ0n) is 17.2. The molecule has 29 heavy (non-hydrogen) atoms. The van der Waals surface area contributed by atoms with Crippen LogP contribution in [0.2, 0.25) is 0 Å². The molecule has 0 bridgehead atoms. The van der Waals surface area contributed by atoms with Gasteiger partial charge in [0, 0.05) is 36.2 Å². The van der Waals surface area contributed by atoms with Crippen molar-refractivity contribution >= 4 is 16.9 Å². The molecule has 0 saturated carbocycles. The third kappa shape index (κ3) is 3.75. The van der Waals surface area contributed by atoms with Gasteiger partial charge in [-0.15, -0.1) is 0 Å². The number of fused-ring (bicyclic) bond motifs is 1. The number of hydrogen-bond donors (Lipinski definition) is 1. The van der Waals surface area contributed by atoms with Crippen molar-refractivity contribution in [2.45, 2.75) is 46.3 Å². The molecule has 1 aliphatic heterocycles. The second-order valence-electron chi connectivity index (χ2n) is 7.91. The minimum Gasteiger partial charge on any atom is -0.508 e. The molecule has 1 saturated heterocycles. The Labute approximate surface area is 170 Å². The topological polar surface area (TPSA) is 62.9 Å². The van der Waals surface area contributed by atoms with E-state index in [9.17, 15) is 9.90 Å². The second-order valence-corrected chi connectivity index (χ2v) is 7.91. The number of phenolic OH excluding ortho intramolecular Hbond substituents is 1. The highest BCUT2D eigenvalue weighted by molar-refractivity contribution is 6.00. The number of hydrogen-bond acceptors (Lipinski definition) is 4. The lowest BCUT2D eigenvalue weighted by Crippen LogP contribution is -2.37. The minimum atomic E-state index is -0.170. The van der Waals surface area contributed by atoms with Crippen LogP contribution in [0.25, 0.3) is 11.0 Å². The van der Waals surface area contributed by atoms with Gasteiger partial charge >= 0.3 is 0 Å². The fraction of sp³-hybridized carbons (Fsp3) is 0.375. The lowest BCUT2D eigenvalue weighted by Gasteiger charge is -2.25. The Balaban J connectivity index is 1.72. The first-order valence-corrected chi connectivity index (χ1v) is 10.1. The standard InChI is InChI=1S/C24H27NO4/c1-15-10-11-16(2)22-21(15)17(3)23(29-22)24(27)25(14-19-8-6-12-28-19)13-18-7-4-5-9-20(18)26/h4-5,7,9-11,19,26H,6,8,12-14H2,1-3H3. The van der Waals surface area contributed by atoms with E-state index in [1.54, 1.807) is 17.0 Å². The average Bonchev–Trinajstić information content (AvgIpc) is 3.34. The minimum absolute atomic E-state index is 0.0120. The number of aryl methyl sites for hydroxylation is 3. The van der Waals surface area contributed by atoms with Crippen molar-refractivity contribution in [2.24, 2.45) is 0 Å². The van der Waals surface area contributed by atoms with Gasteiger partial charge in [0.15, 0.2) is 5.76 Å². The van der Waals surface area contributed by atoms with Crippen molar-refractivity contribution in [1.82, 2.24) is 4.90 Å². The van der Waals surface area contributed by atoms with Crippen LogP contribution in [0, 0.1) is 20.8 Å². The number of carbonyl (C=O) groups excluding carboxylic acids is 1. The molecule has 0 radical (unpaired) electrons. The van der Waals surface area contributed by atoms with Crippen molar-refractivity contribution in [3.63, 3.8) is 0 Å². The summed E-state index contributed by atoms with van der Waals surface area (Å²) in [5, 5.41) is 11.2. The van der Waals surface area contributed by atoms with Crippen LogP contribution in [0.3, 0.4) is 0 Å². The molecule has 1 aromatic heterocycles. The zero-order valence-corrected chi connectivity index (χ0v) is 17.2. The molecule has 0 spiro atoms. The molecule has 1 atom stereocenters. The van der Waals surface area contributed by atoms with Gasteiger partial charge in [-0.05, 0) is 50.8 Å². The van der Waals surface area contributed by atoms with Gasteiger partial charge in [0.25, 0.3) is 5.91 Å². The Bertz CT molecular complexity index is 1050. The molecule has 152 valence electrons. The van der Waals surface area contributed by atoms with Crippen molar-refractivity contribution in [2.75, 3.05) is 13.2 Å². The maximum atomic E-state index is 13.6. The van der Waals surface area contributed by atoms with Crippen molar-refractivity contribution in [3.8, 4) is 5.75 Å². The van der Waals surface area contributed by atoms with Gasteiger partial charge in [-0.3, -0.25) is 4.79 Å². The summed E-state index contributed by atoms with van der Waals surface area (Å²) >= 11 is 0. The van der Waals surface area contributed by atoms with Gasteiger partial charge in [0.05, 0.1) is 6.10 Å². The number of rotatable bonds is 5. The highest BCUT2D eigenvalue weighted by atomic mass is 16.5. The molecule has 1 unspecified atom stereocenters. The van der Waals surface area contributed by atoms with Crippen LogP contribution in [-0.2, 0) is 11.3 Å². The van der Waals surface area contributed by atoms with Crippen molar-refractivity contribution < 1.29 is 19.1 Å². The zero-order chi connectivity index (χ0) is 20.5. The molecule has 0 aliphatic carbocycles. The first kappa shape index (κ1) is 19.5. The summed E-state index contributed by atoms with van der Waals surface area (Å²) in [6.45, 7) is 7.47. The Morgan fingerprint density at radius 1 is 1.14 bits per heavy atom. The smallest absolute Gasteiger partial charge is 0.290 e. The summed E-state index contributed by atoms with van der Waals surface area (Å²) in [5.74, 6) is 0.382. The van der Waals surface area contributed by atoms with Gasteiger partial charge in [0.2, 0.25) is 0 Å². The fourth-order valence-electron chi connectivity index (χ4n) is 4.13. The van der Waals surface area contributed by atoms with E-state index in [2.05, 4.69) is 6.07 Å². The summed E-state index contributed by atoms with van der Waals surface area (Å²) in [6, 6.07) is 11.2. The first-order valence-electron chi connectivity index (χ1n) is 10.1. The molecule has 5 nitrogen and oxygen atoms in total. The molecular weight excluding hydrogens is 366 g/mol. The maximum Gasteiger partial charge on any atom is 0.290 e. The summed E-state index contributed by atoms with van der Waals surface area (Å²) in [6.07, 6.45) is 1.95. The molecule has 1 N–H and O–H groups in total. The van der Waals surface area contributed by atoms with Crippen molar-refractivity contribution in [3.05, 3.63) is 64.4 Å². The lowest BCUT2D eigenvalue weighted by molar-refractivity contribution is 0.0483. The molecular formula is C24H27NO4. The predicted octanol–water partition coefficient (Wildman–Crippen LogP) is 4.89. The number of amides is 1. The second kappa shape index (κ2) is 7.91. The van der Waals surface area contributed by atoms with Crippen LogP contribution in [0.15, 0.2) is 40.8 Å². The van der Waals surface area contributed by atoms with Crippen LogP contribution in [-0.4, -0.2) is 35.2 Å². The van der Waals surface area contributed by atoms with Gasteiger partial charge in [-0.1, -0.05) is 30.3 Å². The summed E-state index contributed by atoms with van der Waals surface area (Å²) in [7, 11) is 0. The van der Waals surface area contributed by atoms with E-state index in [1.165, 1.54) is 0 Å². The highest BCUT2D eigenvalue weighted by Gasteiger charge is 2.28. The number of furan rings is 1. The van der Waals surface area contributed by atoms with E-state index in [-0.39, 0.29) is 17.8 Å². The molecule has 4 rings (SSSR count). The number of aromatic hydroxyl groups is 1. The monoisotopic (exact) mass is 393 g/mol. The average molecular weight is 393 g/mol.